The van der Waals surface area contributed by atoms with E-state index in [1.165, 1.54) is 6.07 Å². The van der Waals surface area contributed by atoms with Crippen molar-refractivity contribution in [3.05, 3.63) is 52.5 Å². The number of nitrogens with one attached hydrogen (secondary N) is 1. The highest BCUT2D eigenvalue weighted by Gasteiger charge is 2.10. The van der Waals surface area contributed by atoms with Crippen molar-refractivity contribution in [1.82, 2.24) is 4.98 Å². The standard InChI is InChI=1S/C13H13BrFN3/c1-8(12-4-2-3-5-17-12)18-13-7-10(15)9(14)6-11(13)16/h2-8,18H,16H2,1H3. The fraction of sp³-hybridized carbons (Fsp3) is 0.154. The van der Waals surface area contributed by atoms with E-state index < -0.39 is 0 Å². The Labute approximate surface area is 113 Å². The number of aromatic nitrogens is 1. The van der Waals surface area contributed by atoms with Crippen molar-refractivity contribution in [3.63, 3.8) is 0 Å². The number of hydrogen-bond donors (Lipinski definition) is 2. The van der Waals surface area contributed by atoms with Gasteiger partial charge in [0.1, 0.15) is 5.82 Å². The molecule has 0 radical (unpaired) electrons. The first-order valence-corrected chi connectivity index (χ1v) is 6.29. The second-order valence-corrected chi connectivity index (χ2v) is 4.83. The van der Waals surface area contributed by atoms with Crippen molar-refractivity contribution in [2.45, 2.75) is 13.0 Å². The third-order valence-corrected chi connectivity index (χ3v) is 3.20. The van der Waals surface area contributed by atoms with Crippen molar-refractivity contribution in [2.24, 2.45) is 0 Å². The highest BCUT2D eigenvalue weighted by molar-refractivity contribution is 9.10. The molecule has 1 atom stereocenters. The summed E-state index contributed by atoms with van der Waals surface area (Å²) in [5, 5.41) is 3.15. The van der Waals surface area contributed by atoms with Crippen LogP contribution in [0.25, 0.3) is 0 Å². The minimum Gasteiger partial charge on any atom is -0.397 e. The van der Waals surface area contributed by atoms with E-state index in [-0.39, 0.29) is 11.9 Å². The smallest absolute Gasteiger partial charge is 0.139 e. The van der Waals surface area contributed by atoms with Crippen LogP contribution >= 0.6 is 15.9 Å². The van der Waals surface area contributed by atoms with Crippen LogP contribution in [0.5, 0.6) is 0 Å². The molecule has 0 saturated carbocycles. The molecular formula is C13H13BrFN3. The van der Waals surface area contributed by atoms with Crippen LogP contribution in [0, 0.1) is 5.82 Å². The summed E-state index contributed by atoms with van der Waals surface area (Å²) in [5.41, 5.74) is 7.77. The zero-order chi connectivity index (χ0) is 13.1. The van der Waals surface area contributed by atoms with E-state index >= 15 is 0 Å². The van der Waals surface area contributed by atoms with Gasteiger partial charge in [0.2, 0.25) is 0 Å². The second-order valence-electron chi connectivity index (χ2n) is 3.97. The van der Waals surface area contributed by atoms with Gasteiger partial charge in [0.15, 0.2) is 0 Å². The van der Waals surface area contributed by atoms with Crippen LogP contribution in [0.4, 0.5) is 15.8 Å². The minimum absolute atomic E-state index is 0.0472. The molecule has 0 aliphatic heterocycles. The van der Waals surface area contributed by atoms with Gasteiger partial charge in [0.25, 0.3) is 0 Å². The number of halogens is 2. The zero-order valence-electron chi connectivity index (χ0n) is 9.82. The summed E-state index contributed by atoms with van der Waals surface area (Å²) in [6.45, 7) is 1.95. The fourth-order valence-corrected chi connectivity index (χ4v) is 1.99. The van der Waals surface area contributed by atoms with Crippen molar-refractivity contribution >= 4 is 27.3 Å². The van der Waals surface area contributed by atoms with E-state index in [1.807, 2.05) is 25.1 Å². The molecule has 0 aliphatic carbocycles. The summed E-state index contributed by atoms with van der Waals surface area (Å²) in [5.74, 6) is -0.347. The van der Waals surface area contributed by atoms with Gasteiger partial charge in [-0.3, -0.25) is 4.98 Å². The SMILES string of the molecule is CC(Nc1cc(F)c(Br)cc1N)c1ccccn1. The first kappa shape index (κ1) is 12.8. The first-order valence-electron chi connectivity index (χ1n) is 5.50. The Kier molecular flexibility index (Phi) is 3.81. The number of nitrogen functional groups attached to an aromatic ring is 1. The van der Waals surface area contributed by atoms with Gasteiger partial charge in [0, 0.05) is 12.3 Å². The molecule has 1 aromatic carbocycles. The van der Waals surface area contributed by atoms with Crippen molar-refractivity contribution in [1.29, 1.82) is 0 Å². The van der Waals surface area contributed by atoms with Crippen molar-refractivity contribution < 1.29 is 4.39 Å². The third kappa shape index (κ3) is 2.79. The summed E-state index contributed by atoms with van der Waals surface area (Å²) in [4.78, 5) is 4.24. The largest absolute Gasteiger partial charge is 0.397 e. The van der Waals surface area contributed by atoms with E-state index in [4.69, 9.17) is 5.73 Å². The molecule has 1 unspecified atom stereocenters. The van der Waals surface area contributed by atoms with E-state index in [2.05, 4.69) is 26.2 Å². The lowest BCUT2D eigenvalue weighted by molar-refractivity contribution is 0.621. The van der Waals surface area contributed by atoms with Gasteiger partial charge in [-0.1, -0.05) is 6.07 Å². The number of benzene rings is 1. The quantitative estimate of drug-likeness (QED) is 0.849. The average molecular weight is 310 g/mol. The normalized spacial score (nSPS) is 12.2. The number of pyridine rings is 1. The molecule has 0 saturated heterocycles. The fourth-order valence-electron chi connectivity index (χ4n) is 1.63. The minimum atomic E-state index is -0.347. The van der Waals surface area contributed by atoms with E-state index in [0.717, 1.165) is 5.69 Å². The molecule has 1 aromatic heterocycles. The summed E-state index contributed by atoms with van der Waals surface area (Å²) in [7, 11) is 0. The van der Waals surface area contributed by atoms with Crippen LogP contribution in [-0.2, 0) is 0 Å². The van der Waals surface area contributed by atoms with Gasteiger partial charge in [0.05, 0.1) is 27.6 Å². The number of rotatable bonds is 3. The van der Waals surface area contributed by atoms with Gasteiger partial charge in [-0.2, -0.15) is 0 Å². The van der Waals surface area contributed by atoms with Crippen LogP contribution in [0.1, 0.15) is 18.7 Å². The molecule has 2 rings (SSSR count). The highest BCUT2D eigenvalue weighted by Crippen LogP contribution is 2.28. The Hall–Kier alpha value is -1.62. The topological polar surface area (TPSA) is 50.9 Å². The number of nitrogens with zero attached hydrogens (tertiary/aromatic N) is 1. The molecule has 0 aliphatic rings. The molecule has 0 amide bonds. The van der Waals surface area contributed by atoms with Gasteiger partial charge in [-0.15, -0.1) is 0 Å². The predicted molar refractivity (Wildman–Crippen MR) is 74.8 cm³/mol. The molecule has 0 bridgehead atoms. The van der Waals surface area contributed by atoms with E-state index in [0.29, 0.717) is 15.8 Å². The van der Waals surface area contributed by atoms with Gasteiger partial charge in [-0.25, -0.2) is 4.39 Å². The van der Waals surface area contributed by atoms with E-state index in [1.54, 1.807) is 12.3 Å². The van der Waals surface area contributed by atoms with Gasteiger partial charge >= 0.3 is 0 Å². The molecule has 2 aromatic rings. The number of anilines is 2. The van der Waals surface area contributed by atoms with Crippen LogP contribution in [0.2, 0.25) is 0 Å². The third-order valence-electron chi connectivity index (χ3n) is 2.60. The lowest BCUT2D eigenvalue weighted by Gasteiger charge is -2.16. The van der Waals surface area contributed by atoms with Gasteiger partial charge in [-0.05, 0) is 41.1 Å². The summed E-state index contributed by atoms with van der Waals surface area (Å²) < 4.78 is 13.8. The summed E-state index contributed by atoms with van der Waals surface area (Å²) >= 11 is 3.10. The maximum absolute atomic E-state index is 13.5. The van der Waals surface area contributed by atoms with Crippen molar-refractivity contribution in [3.8, 4) is 0 Å². The lowest BCUT2D eigenvalue weighted by Crippen LogP contribution is -2.10. The van der Waals surface area contributed by atoms with Gasteiger partial charge < -0.3 is 11.1 Å². The molecule has 0 spiro atoms. The molecular weight excluding hydrogens is 297 g/mol. The summed E-state index contributed by atoms with van der Waals surface area (Å²) in [6.07, 6.45) is 1.72. The maximum atomic E-state index is 13.5. The highest BCUT2D eigenvalue weighted by atomic mass is 79.9. The Morgan fingerprint density at radius 2 is 2.17 bits per heavy atom. The predicted octanol–water partition coefficient (Wildman–Crippen LogP) is 3.74. The van der Waals surface area contributed by atoms with E-state index in [9.17, 15) is 4.39 Å². The Bertz CT molecular complexity index is 545. The Morgan fingerprint density at radius 3 is 2.83 bits per heavy atom. The molecule has 5 heteroatoms. The maximum Gasteiger partial charge on any atom is 0.139 e. The number of nitrogens with two attached hydrogens (primary N) is 1. The van der Waals surface area contributed by atoms with Crippen LogP contribution in [-0.4, -0.2) is 4.98 Å². The molecule has 3 N–H and O–H groups in total. The molecule has 3 nitrogen and oxygen atoms in total. The summed E-state index contributed by atoms with van der Waals surface area (Å²) in [6, 6.07) is 8.54. The molecule has 18 heavy (non-hydrogen) atoms. The first-order chi connectivity index (χ1) is 8.58. The molecule has 94 valence electrons. The van der Waals surface area contributed by atoms with Crippen LogP contribution < -0.4 is 11.1 Å². The average Bonchev–Trinajstić information content (AvgIpc) is 2.37. The Balaban J connectivity index is 2.22. The zero-order valence-corrected chi connectivity index (χ0v) is 11.4. The Morgan fingerprint density at radius 1 is 1.39 bits per heavy atom. The molecule has 0 fully saturated rings. The van der Waals surface area contributed by atoms with Crippen molar-refractivity contribution in [2.75, 3.05) is 11.1 Å². The monoisotopic (exact) mass is 309 g/mol. The number of hydrogen-bond acceptors (Lipinski definition) is 3. The van der Waals surface area contributed by atoms with Crippen LogP contribution in [0.15, 0.2) is 41.0 Å². The second kappa shape index (κ2) is 5.35. The lowest BCUT2D eigenvalue weighted by atomic mass is 10.2. The van der Waals surface area contributed by atoms with Crippen LogP contribution in [0.3, 0.4) is 0 Å². The molecule has 1 heterocycles.